The summed E-state index contributed by atoms with van der Waals surface area (Å²) in [6, 6.07) is 3.31. The van der Waals surface area contributed by atoms with E-state index in [-0.39, 0.29) is 11.6 Å². The molecule has 7 nitrogen and oxygen atoms in total. The van der Waals surface area contributed by atoms with Gasteiger partial charge < -0.3 is 15.3 Å². The van der Waals surface area contributed by atoms with Crippen molar-refractivity contribution in [2.75, 3.05) is 25.0 Å². The van der Waals surface area contributed by atoms with Gasteiger partial charge in [-0.1, -0.05) is 6.92 Å². The largest absolute Gasteiger partial charge is 0.481 e. The van der Waals surface area contributed by atoms with E-state index in [2.05, 4.69) is 15.5 Å². The zero-order chi connectivity index (χ0) is 15.5. The maximum atomic E-state index is 11.6. The second-order valence-electron chi connectivity index (χ2n) is 5.32. The molecule has 0 saturated carbocycles. The molecule has 1 aliphatic heterocycles. The highest BCUT2D eigenvalue weighted by Crippen LogP contribution is 2.35. The van der Waals surface area contributed by atoms with Gasteiger partial charge in [0.25, 0.3) is 5.91 Å². The van der Waals surface area contributed by atoms with Crippen LogP contribution in [0.1, 0.15) is 36.7 Å². The van der Waals surface area contributed by atoms with Gasteiger partial charge in [0.2, 0.25) is 0 Å². The summed E-state index contributed by atoms with van der Waals surface area (Å²) in [7, 11) is 1.53. The van der Waals surface area contributed by atoms with E-state index in [1.54, 1.807) is 12.1 Å². The average molecular weight is 292 g/mol. The summed E-state index contributed by atoms with van der Waals surface area (Å²) in [4.78, 5) is 24.9. The Hall–Kier alpha value is -2.18. The van der Waals surface area contributed by atoms with E-state index < -0.39 is 11.4 Å². The van der Waals surface area contributed by atoms with Gasteiger partial charge in [-0.15, -0.1) is 10.2 Å². The summed E-state index contributed by atoms with van der Waals surface area (Å²) in [5, 5.41) is 19.9. The molecule has 0 radical (unpaired) electrons. The fraction of sp³-hybridized carbons (Fsp3) is 0.571. The number of carboxylic acid groups (broad SMARTS) is 1. The first kappa shape index (κ1) is 15.2. The van der Waals surface area contributed by atoms with E-state index in [9.17, 15) is 14.7 Å². The lowest BCUT2D eigenvalue weighted by Crippen LogP contribution is -2.48. The SMILES string of the molecule is CCC1(C(=O)O)CCCN(c2ccc(C(=O)NC)nn2)C1. The lowest BCUT2D eigenvalue weighted by atomic mass is 9.77. The van der Waals surface area contributed by atoms with Gasteiger partial charge in [-0.25, -0.2) is 0 Å². The molecule has 1 saturated heterocycles. The molecule has 1 unspecified atom stereocenters. The second-order valence-corrected chi connectivity index (χ2v) is 5.32. The van der Waals surface area contributed by atoms with E-state index in [0.717, 1.165) is 13.0 Å². The maximum Gasteiger partial charge on any atom is 0.311 e. The first-order valence-electron chi connectivity index (χ1n) is 7.06. The molecule has 2 N–H and O–H groups in total. The Morgan fingerprint density at radius 3 is 2.71 bits per heavy atom. The number of hydrogen-bond acceptors (Lipinski definition) is 5. The quantitative estimate of drug-likeness (QED) is 0.856. The smallest absolute Gasteiger partial charge is 0.311 e. The summed E-state index contributed by atoms with van der Waals surface area (Å²) >= 11 is 0. The third-order valence-corrected chi connectivity index (χ3v) is 4.14. The summed E-state index contributed by atoms with van der Waals surface area (Å²) in [6.45, 7) is 3.08. The zero-order valence-electron chi connectivity index (χ0n) is 12.3. The highest BCUT2D eigenvalue weighted by atomic mass is 16.4. The van der Waals surface area contributed by atoms with E-state index in [1.807, 2.05) is 11.8 Å². The van der Waals surface area contributed by atoms with E-state index in [4.69, 9.17) is 0 Å². The number of rotatable bonds is 4. The number of carboxylic acids is 1. The lowest BCUT2D eigenvalue weighted by molar-refractivity contribution is -0.149. The lowest BCUT2D eigenvalue weighted by Gasteiger charge is -2.39. The van der Waals surface area contributed by atoms with Gasteiger partial charge in [0.1, 0.15) is 0 Å². The number of hydrogen-bond donors (Lipinski definition) is 2. The van der Waals surface area contributed by atoms with Gasteiger partial charge in [0.15, 0.2) is 11.5 Å². The third kappa shape index (κ3) is 2.96. The maximum absolute atomic E-state index is 11.6. The predicted molar refractivity (Wildman–Crippen MR) is 77.2 cm³/mol. The van der Waals surface area contributed by atoms with Gasteiger partial charge in [-0.3, -0.25) is 9.59 Å². The molecule has 1 aromatic rings. The molecule has 0 aromatic carbocycles. The van der Waals surface area contributed by atoms with Crippen molar-refractivity contribution in [3.8, 4) is 0 Å². The zero-order valence-corrected chi connectivity index (χ0v) is 12.3. The summed E-state index contributed by atoms with van der Waals surface area (Å²) in [6.07, 6.45) is 2.07. The molecule has 2 heterocycles. The van der Waals surface area contributed by atoms with Crippen molar-refractivity contribution < 1.29 is 14.7 Å². The number of amides is 1. The van der Waals surface area contributed by atoms with Crippen LogP contribution in [0.4, 0.5) is 5.82 Å². The molecule has 114 valence electrons. The minimum atomic E-state index is -0.760. The summed E-state index contributed by atoms with van der Waals surface area (Å²) < 4.78 is 0. The Labute approximate surface area is 123 Å². The van der Waals surface area contributed by atoms with Crippen LogP contribution in [-0.4, -0.2) is 47.3 Å². The predicted octanol–water partition coefficient (Wildman–Crippen LogP) is 0.917. The van der Waals surface area contributed by atoms with Crippen molar-refractivity contribution in [3.63, 3.8) is 0 Å². The molecule has 2 rings (SSSR count). The van der Waals surface area contributed by atoms with Crippen LogP contribution >= 0.6 is 0 Å². The number of nitrogens with zero attached hydrogens (tertiary/aromatic N) is 3. The van der Waals surface area contributed by atoms with Gasteiger partial charge in [-0.05, 0) is 31.4 Å². The molecule has 0 bridgehead atoms. The van der Waals surface area contributed by atoms with Gasteiger partial charge >= 0.3 is 5.97 Å². The first-order chi connectivity index (χ1) is 10.0. The Morgan fingerprint density at radius 2 is 2.19 bits per heavy atom. The summed E-state index contributed by atoms with van der Waals surface area (Å²) in [5.74, 6) is -0.438. The number of nitrogens with one attached hydrogen (secondary N) is 1. The Kier molecular flexibility index (Phi) is 4.40. The molecule has 1 atom stereocenters. The number of anilines is 1. The van der Waals surface area contributed by atoms with Crippen molar-refractivity contribution in [3.05, 3.63) is 17.8 Å². The number of piperidine rings is 1. The number of carbonyl (C=O) groups is 2. The molecule has 1 aliphatic rings. The van der Waals surface area contributed by atoms with Crippen LogP contribution in [-0.2, 0) is 4.79 Å². The second kappa shape index (κ2) is 6.07. The van der Waals surface area contributed by atoms with Crippen molar-refractivity contribution >= 4 is 17.7 Å². The number of aliphatic carboxylic acids is 1. The van der Waals surface area contributed by atoms with Crippen molar-refractivity contribution in [2.24, 2.45) is 5.41 Å². The monoisotopic (exact) mass is 292 g/mol. The number of aromatic nitrogens is 2. The fourth-order valence-electron chi connectivity index (χ4n) is 2.68. The highest BCUT2D eigenvalue weighted by molar-refractivity contribution is 5.91. The average Bonchev–Trinajstić information content (AvgIpc) is 2.54. The molecule has 1 fully saturated rings. The molecule has 0 spiro atoms. The van der Waals surface area contributed by atoms with Crippen molar-refractivity contribution in [1.29, 1.82) is 0 Å². The first-order valence-corrected chi connectivity index (χ1v) is 7.06. The summed E-state index contributed by atoms with van der Waals surface area (Å²) in [5.41, 5.74) is -0.474. The Morgan fingerprint density at radius 1 is 1.43 bits per heavy atom. The molecule has 7 heteroatoms. The van der Waals surface area contributed by atoms with Crippen LogP contribution in [0, 0.1) is 5.41 Å². The topological polar surface area (TPSA) is 95.4 Å². The normalized spacial score (nSPS) is 21.9. The molecule has 1 aromatic heterocycles. The third-order valence-electron chi connectivity index (χ3n) is 4.14. The van der Waals surface area contributed by atoms with Gasteiger partial charge in [0.05, 0.1) is 5.41 Å². The minimum absolute atomic E-state index is 0.248. The van der Waals surface area contributed by atoms with E-state index in [1.165, 1.54) is 7.05 Å². The van der Waals surface area contributed by atoms with Crippen LogP contribution < -0.4 is 10.2 Å². The molecule has 21 heavy (non-hydrogen) atoms. The van der Waals surface area contributed by atoms with Gasteiger partial charge in [-0.2, -0.15) is 0 Å². The van der Waals surface area contributed by atoms with Gasteiger partial charge in [0, 0.05) is 20.1 Å². The molecule has 0 aliphatic carbocycles. The standard InChI is InChI=1S/C14H20N4O3/c1-3-14(13(20)21)7-4-8-18(9-14)11-6-5-10(16-17-11)12(19)15-2/h5-6H,3-4,7-9H2,1-2H3,(H,15,19)(H,20,21). The molecular formula is C14H20N4O3. The molecular weight excluding hydrogens is 272 g/mol. The minimum Gasteiger partial charge on any atom is -0.481 e. The van der Waals surface area contributed by atoms with Crippen LogP contribution in [0.25, 0.3) is 0 Å². The van der Waals surface area contributed by atoms with E-state index in [0.29, 0.717) is 25.2 Å². The van der Waals surface area contributed by atoms with Crippen LogP contribution in [0.15, 0.2) is 12.1 Å². The molecule has 1 amide bonds. The highest BCUT2D eigenvalue weighted by Gasteiger charge is 2.41. The Balaban J connectivity index is 2.18. The van der Waals surface area contributed by atoms with Crippen LogP contribution in [0.3, 0.4) is 0 Å². The number of carbonyl (C=O) groups excluding carboxylic acids is 1. The van der Waals surface area contributed by atoms with E-state index >= 15 is 0 Å². The fourth-order valence-corrected chi connectivity index (χ4v) is 2.68. The van der Waals surface area contributed by atoms with Crippen LogP contribution in [0.5, 0.6) is 0 Å². The van der Waals surface area contributed by atoms with Crippen molar-refractivity contribution in [2.45, 2.75) is 26.2 Å². The van der Waals surface area contributed by atoms with Crippen molar-refractivity contribution in [1.82, 2.24) is 15.5 Å². The van der Waals surface area contributed by atoms with Crippen LogP contribution in [0.2, 0.25) is 0 Å². The Bertz CT molecular complexity index is 532.